The van der Waals surface area contributed by atoms with Crippen LogP contribution in [0, 0.1) is 13.8 Å². The third-order valence-electron chi connectivity index (χ3n) is 5.87. The quantitative estimate of drug-likeness (QED) is 0.653. The number of fused-ring (bicyclic) bond motifs is 1. The van der Waals surface area contributed by atoms with Crippen LogP contribution in [0.3, 0.4) is 0 Å². The highest BCUT2D eigenvalue weighted by atomic mass is 16.7. The topological polar surface area (TPSA) is 77.7 Å². The van der Waals surface area contributed by atoms with Gasteiger partial charge in [0.25, 0.3) is 5.91 Å². The summed E-state index contributed by atoms with van der Waals surface area (Å²) in [6.45, 7) is 5.62. The Morgan fingerprint density at radius 3 is 2.77 bits per heavy atom. The molecule has 0 spiro atoms. The summed E-state index contributed by atoms with van der Waals surface area (Å²) in [6, 6.07) is 11.4. The molecule has 30 heavy (non-hydrogen) atoms. The number of carbonyl (C=O) groups is 1. The summed E-state index contributed by atoms with van der Waals surface area (Å²) >= 11 is 0. The van der Waals surface area contributed by atoms with Gasteiger partial charge in [0.1, 0.15) is 0 Å². The first-order chi connectivity index (χ1) is 14.6. The molecule has 1 fully saturated rings. The molecule has 0 saturated carbocycles. The summed E-state index contributed by atoms with van der Waals surface area (Å²) in [6.07, 6.45) is 1.82. The number of amides is 1. The maximum atomic E-state index is 13.0. The molecule has 0 N–H and O–H groups in total. The molecule has 7 heteroatoms. The van der Waals surface area contributed by atoms with E-state index in [0.717, 1.165) is 36.1 Å². The van der Waals surface area contributed by atoms with Crippen LogP contribution in [0.1, 0.15) is 46.1 Å². The Kier molecular flexibility index (Phi) is 4.65. The molecule has 0 bridgehead atoms. The van der Waals surface area contributed by atoms with Crippen molar-refractivity contribution in [3.05, 3.63) is 59.0 Å². The first kappa shape index (κ1) is 18.7. The van der Waals surface area contributed by atoms with E-state index in [1.54, 1.807) is 0 Å². The molecular weight excluding hydrogens is 382 g/mol. The fourth-order valence-corrected chi connectivity index (χ4v) is 3.97. The monoisotopic (exact) mass is 405 g/mol. The van der Waals surface area contributed by atoms with Crippen molar-refractivity contribution in [3.8, 4) is 23.0 Å². The third kappa shape index (κ3) is 3.40. The highest BCUT2D eigenvalue weighted by Gasteiger charge is 2.29. The van der Waals surface area contributed by atoms with Gasteiger partial charge in [0.2, 0.25) is 18.6 Å². The van der Waals surface area contributed by atoms with Crippen LogP contribution in [0.4, 0.5) is 0 Å². The maximum absolute atomic E-state index is 13.0. The third-order valence-corrected chi connectivity index (χ3v) is 5.87. The molecule has 5 rings (SSSR count). The predicted octanol–water partition coefficient (Wildman–Crippen LogP) is 4.10. The number of benzene rings is 2. The van der Waals surface area contributed by atoms with Crippen LogP contribution in [0.5, 0.6) is 11.5 Å². The molecule has 3 aromatic rings. The number of hydrogen-bond donors (Lipinski definition) is 0. The van der Waals surface area contributed by atoms with E-state index in [4.69, 9.17) is 13.9 Å². The van der Waals surface area contributed by atoms with Crippen LogP contribution in [0.2, 0.25) is 0 Å². The van der Waals surface area contributed by atoms with Gasteiger partial charge in [-0.25, -0.2) is 0 Å². The van der Waals surface area contributed by atoms with Crippen LogP contribution < -0.4 is 9.47 Å². The number of likely N-dealkylation sites (tertiary alicyclic amines) is 1. The predicted molar refractivity (Wildman–Crippen MR) is 110 cm³/mol. The number of hydrogen-bond acceptors (Lipinski definition) is 6. The van der Waals surface area contributed by atoms with E-state index >= 15 is 0 Å². The molecule has 1 amide bonds. The summed E-state index contributed by atoms with van der Waals surface area (Å²) in [7, 11) is 0. The molecule has 2 aliphatic heterocycles. The highest BCUT2D eigenvalue weighted by Crippen LogP contribution is 2.36. The van der Waals surface area contributed by atoms with Gasteiger partial charge in [-0.05, 0) is 68.1 Å². The lowest BCUT2D eigenvalue weighted by Gasteiger charge is -2.31. The van der Waals surface area contributed by atoms with E-state index in [9.17, 15) is 4.79 Å². The fraction of sp³-hybridized carbons (Fsp3) is 0.348. The van der Waals surface area contributed by atoms with E-state index in [2.05, 4.69) is 10.2 Å². The number of ether oxygens (including phenoxy) is 2. The SMILES string of the molecule is Cc1ccc(C(=O)N2CCCC(c3nnc(-c4ccc5c(c4)OCO5)o3)C2)cc1C. The Morgan fingerprint density at radius 1 is 1.03 bits per heavy atom. The van der Waals surface area contributed by atoms with E-state index in [1.165, 1.54) is 5.56 Å². The second-order valence-corrected chi connectivity index (χ2v) is 7.90. The molecule has 0 radical (unpaired) electrons. The van der Waals surface area contributed by atoms with E-state index in [0.29, 0.717) is 29.8 Å². The highest BCUT2D eigenvalue weighted by molar-refractivity contribution is 5.94. The van der Waals surface area contributed by atoms with Gasteiger partial charge in [-0.15, -0.1) is 10.2 Å². The maximum Gasteiger partial charge on any atom is 0.253 e. The van der Waals surface area contributed by atoms with Crippen molar-refractivity contribution in [2.24, 2.45) is 0 Å². The zero-order chi connectivity index (χ0) is 20.7. The van der Waals surface area contributed by atoms with Crippen molar-refractivity contribution in [1.82, 2.24) is 15.1 Å². The molecule has 1 unspecified atom stereocenters. The van der Waals surface area contributed by atoms with Gasteiger partial charge in [0.05, 0.1) is 5.92 Å². The lowest BCUT2D eigenvalue weighted by Crippen LogP contribution is -2.39. The number of aryl methyl sites for hydroxylation is 2. The average Bonchev–Trinajstić information content (AvgIpc) is 3.44. The van der Waals surface area contributed by atoms with E-state index in [1.807, 2.05) is 55.1 Å². The van der Waals surface area contributed by atoms with Gasteiger partial charge < -0.3 is 18.8 Å². The summed E-state index contributed by atoms with van der Waals surface area (Å²) in [5.74, 6) is 2.49. The van der Waals surface area contributed by atoms with Crippen LogP contribution in [-0.2, 0) is 0 Å². The number of carbonyl (C=O) groups excluding carboxylic acids is 1. The van der Waals surface area contributed by atoms with Gasteiger partial charge in [0, 0.05) is 24.2 Å². The molecule has 1 atom stereocenters. The van der Waals surface area contributed by atoms with Gasteiger partial charge in [-0.2, -0.15) is 0 Å². The lowest BCUT2D eigenvalue weighted by atomic mass is 9.97. The standard InChI is InChI=1S/C23H23N3O4/c1-14-5-6-17(10-15(14)2)23(27)26-9-3-4-18(12-26)22-25-24-21(30-22)16-7-8-19-20(11-16)29-13-28-19/h5-8,10-11,18H,3-4,9,12-13H2,1-2H3. The average molecular weight is 405 g/mol. The van der Waals surface area contributed by atoms with Gasteiger partial charge in [-0.1, -0.05) is 6.07 Å². The van der Waals surface area contributed by atoms with Crippen LogP contribution in [-0.4, -0.2) is 40.9 Å². The second-order valence-electron chi connectivity index (χ2n) is 7.90. The van der Waals surface area contributed by atoms with Gasteiger partial charge in [-0.3, -0.25) is 4.79 Å². The second kappa shape index (κ2) is 7.48. The zero-order valence-corrected chi connectivity index (χ0v) is 17.1. The van der Waals surface area contributed by atoms with Crippen molar-refractivity contribution >= 4 is 5.91 Å². The van der Waals surface area contributed by atoms with Crippen molar-refractivity contribution in [3.63, 3.8) is 0 Å². The van der Waals surface area contributed by atoms with E-state index in [-0.39, 0.29) is 18.6 Å². The Balaban J connectivity index is 1.33. The van der Waals surface area contributed by atoms with Crippen molar-refractivity contribution in [1.29, 1.82) is 0 Å². The van der Waals surface area contributed by atoms with Gasteiger partial charge in [0.15, 0.2) is 11.5 Å². The molecule has 1 saturated heterocycles. The minimum atomic E-state index is 0.0319. The molecule has 0 aliphatic carbocycles. The molecular formula is C23H23N3O4. The number of rotatable bonds is 3. The first-order valence-corrected chi connectivity index (χ1v) is 10.2. The molecule has 154 valence electrons. The number of piperidine rings is 1. The largest absolute Gasteiger partial charge is 0.454 e. The Morgan fingerprint density at radius 2 is 1.90 bits per heavy atom. The summed E-state index contributed by atoms with van der Waals surface area (Å²) in [5.41, 5.74) is 3.83. The Hall–Kier alpha value is -3.35. The lowest BCUT2D eigenvalue weighted by molar-refractivity contribution is 0.0698. The number of nitrogens with zero attached hydrogens (tertiary/aromatic N) is 3. The minimum Gasteiger partial charge on any atom is -0.454 e. The molecule has 1 aromatic heterocycles. The Bertz CT molecular complexity index is 1110. The van der Waals surface area contributed by atoms with Crippen LogP contribution in [0.15, 0.2) is 40.8 Å². The van der Waals surface area contributed by atoms with Gasteiger partial charge >= 0.3 is 0 Å². The van der Waals surface area contributed by atoms with Crippen molar-refractivity contribution in [2.45, 2.75) is 32.6 Å². The summed E-state index contributed by atoms with van der Waals surface area (Å²) < 4.78 is 16.8. The molecule has 2 aromatic carbocycles. The summed E-state index contributed by atoms with van der Waals surface area (Å²) in [5, 5.41) is 8.50. The van der Waals surface area contributed by atoms with Crippen molar-refractivity contribution < 1.29 is 18.7 Å². The molecule has 3 heterocycles. The van der Waals surface area contributed by atoms with Crippen LogP contribution in [0.25, 0.3) is 11.5 Å². The zero-order valence-electron chi connectivity index (χ0n) is 17.1. The molecule has 2 aliphatic rings. The Labute approximate surface area is 174 Å². The first-order valence-electron chi connectivity index (χ1n) is 10.2. The molecule has 7 nitrogen and oxygen atoms in total. The van der Waals surface area contributed by atoms with E-state index < -0.39 is 0 Å². The normalized spacial score (nSPS) is 17.9. The van der Waals surface area contributed by atoms with Crippen molar-refractivity contribution in [2.75, 3.05) is 19.9 Å². The fourth-order valence-electron chi connectivity index (χ4n) is 3.97. The smallest absolute Gasteiger partial charge is 0.253 e. The minimum absolute atomic E-state index is 0.0319. The van der Waals surface area contributed by atoms with Crippen LogP contribution >= 0.6 is 0 Å². The number of aromatic nitrogens is 2. The summed E-state index contributed by atoms with van der Waals surface area (Å²) in [4.78, 5) is 14.9.